The Kier molecular flexibility index (Phi) is 5.99. The van der Waals surface area contributed by atoms with Crippen LogP contribution < -0.4 is 5.32 Å². The van der Waals surface area contributed by atoms with E-state index in [0.29, 0.717) is 16.6 Å². The van der Waals surface area contributed by atoms with E-state index in [0.717, 1.165) is 41.1 Å². The zero-order valence-corrected chi connectivity index (χ0v) is 17.2. The number of carbonyl (C=O) groups excluding carboxylic acids is 1. The molecule has 0 saturated heterocycles. The van der Waals surface area contributed by atoms with Gasteiger partial charge in [0.25, 0.3) is 5.91 Å². The zero-order chi connectivity index (χ0) is 21.6. The van der Waals surface area contributed by atoms with Crippen molar-refractivity contribution in [1.82, 2.24) is 9.97 Å². The number of amides is 1. The summed E-state index contributed by atoms with van der Waals surface area (Å²) in [6.45, 7) is 7.72. The maximum Gasteiger partial charge on any atom is 0.255 e. The Morgan fingerprint density at radius 2 is 1.87 bits per heavy atom. The van der Waals surface area contributed by atoms with E-state index in [1.807, 2.05) is 42.5 Å². The van der Waals surface area contributed by atoms with Gasteiger partial charge in [-0.3, -0.25) is 4.79 Å². The van der Waals surface area contributed by atoms with Crippen LogP contribution in [0.25, 0.3) is 22.2 Å². The molecule has 1 heterocycles. The van der Waals surface area contributed by atoms with Gasteiger partial charge in [-0.25, -0.2) is 9.97 Å². The summed E-state index contributed by atoms with van der Waals surface area (Å²) < 4.78 is 0. The molecule has 0 saturated carbocycles. The van der Waals surface area contributed by atoms with Crippen LogP contribution in [0.15, 0.2) is 98.1 Å². The normalized spacial score (nSPS) is 13.5. The summed E-state index contributed by atoms with van der Waals surface area (Å²) in [6, 6.07) is 14.8. The van der Waals surface area contributed by atoms with Gasteiger partial charge in [-0.2, -0.15) is 0 Å². The number of benzene rings is 2. The fourth-order valence-electron chi connectivity index (χ4n) is 3.48. The van der Waals surface area contributed by atoms with E-state index in [-0.39, 0.29) is 7.33 Å². The van der Waals surface area contributed by atoms with Crippen molar-refractivity contribution in [2.24, 2.45) is 0 Å². The van der Waals surface area contributed by atoms with Gasteiger partial charge in [0.05, 0.1) is 22.4 Å². The first kappa shape index (κ1) is 20.2. The average Bonchev–Trinajstić information content (AvgIpc) is 2.82. The van der Waals surface area contributed by atoms with Gasteiger partial charge in [-0.05, 0) is 48.7 Å². The molecular formula is C27H25N3O. The highest BCUT2D eigenvalue weighted by Crippen LogP contribution is 2.29. The summed E-state index contributed by atoms with van der Waals surface area (Å²) in [5.74, 6) is -0.185. The molecule has 4 nitrogen and oxygen atoms in total. The number of aromatic nitrogens is 2. The van der Waals surface area contributed by atoms with Crippen molar-refractivity contribution in [3.8, 4) is 0 Å². The van der Waals surface area contributed by atoms with Gasteiger partial charge in [0, 0.05) is 18.3 Å². The van der Waals surface area contributed by atoms with Crippen molar-refractivity contribution in [2.75, 3.05) is 5.32 Å². The van der Waals surface area contributed by atoms with E-state index in [1.165, 1.54) is 0 Å². The van der Waals surface area contributed by atoms with Crippen molar-refractivity contribution < 1.29 is 6.22 Å². The Hall–Kier alpha value is -4.05. The molecule has 31 heavy (non-hydrogen) atoms. The first-order valence-corrected chi connectivity index (χ1v) is 10.2. The van der Waals surface area contributed by atoms with Gasteiger partial charge in [-0.1, -0.05) is 67.8 Å². The Morgan fingerprint density at radius 1 is 1.03 bits per heavy atom. The van der Waals surface area contributed by atoms with Gasteiger partial charge in [0.1, 0.15) is 0 Å². The largest absolute Gasteiger partial charge is 0.322 e. The minimum atomic E-state index is -0.185. The van der Waals surface area contributed by atoms with Crippen molar-refractivity contribution in [2.45, 2.75) is 12.8 Å². The monoisotopic (exact) mass is 407 g/mol. The highest BCUT2D eigenvalue weighted by Gasteiger charge is 2.16. The lowest BCUT2D eigenvalue weighted by Crippen LogP contribution is -2.12. The van der Waals surface area contributed by atoms with E-state index in [4.69, 9.17) is 9.97 Å². The molecule has 154 valence electrons. The topological polar surface area (TPSA) is 54.9 Å². The minimum Gasteiger partial charge on any atom is -0.322 e. The number of para-hydroxylation sites is 1. The third-order valence-corrected chi connectivity index (χ3v) is 5.02. The smallest absolute Gasteiger partial charge is 0.255 e. The van der Waals surface area contributed by atoms with Crippen molar-refractivity contribution in [1.29, 1.82) is 0 Å². The lowest BCUT2D eigenvalue weighted by Gasteiger charge is -2.14. The van der Waals surface area contributed by atoms with Crippen LogP contribution in [-0.4, -0.2) is 15.9 Å². The van der Waals surface area contributed by atoms with Crippen LogP contribution in [0.1, 0.15) is 36.0 Å². The Bertz CT molecular complexity index is 1260. The molecule has 0 bridgehead atoms. The number of hydrogen-bond acceptors (Lipinski definition) is 3. The molecule has 0 atom stereocenters. The van der Waals surface area contributed by atoms with E-state index in [2.05, 4.69) is 36.7 Å². The molecule has 0 aliphatic heterocycles. The van der Waals surface area contributed by atoms with E-state index in [1.54, 1.807) is 24.3 Å². The number of fused-ring (bicyclic) bond motifs is 1. The van der Waals surface area contributed by atoms with Crippen LogP contribution >= 0.6 is 0 Å². The third kappa shape index (κ3) is 4.43. The fourth-order valence-corrected chi connectivity index (χ4v) is 3.48. The molecular weight excluding hydrogens is 382 g/mol. The Morgan fingerprint density at radius 3 is 2.58 bits per heavy atom. The zero-order valence-electron chi connectivity index (χ0n) is 17.2. The van der Waals surface area contributed by atoms with E-state index < -0.39 is 0 Å². The molecule has 1 amide bonds. The average molecular weight is 408 g/mol. The highest BCUT2D eigenvalue weighted by atomic mass is 16.1. The lowest BCUT2D eigenvalue weighted by molar-refractivity contribution is 0.102. The van der Waals surface area contributed by atoms with Crippen molar-refractivity contribution in [3.05, 3.63) is 115 Å². The molecule has 0 fully saturated rings. The van der Waals surface area contributed by atoms with E-state index >= 15 is 0 Å². The molecule has 1 N–H and O–H groups in total. The van der Waals surface area contributed by atoms with Gasteiger partial charge in [-0.15, -0.1) is 0 Å². The molecule has 0 spiro atoms. The quantitative estimate of drug-likeness (QED) is 0.467. The second-order valence-electron chi connectivity index (χ2n) is 7.15. The fraction of sp³-hybridized carbons (Fsp3) is 0.0741. The second kappa shape index (κ2) is 9.18. The standard InChI is InChI=1S/C27H23N3O.H2/c1-3-11-19(4-2)25-26(20-12-7-5-8-13-20)30-24-18-21(16-17-23(24)29-25)27(31)28-22-14-9-6-10-15-22;/h3-4,6-7,9-18H,1-2,5,8H2,(H,28,31);1H/b19-11+;. The van der Waals surface area contributed by atoms with Crippen LogP contribution in [-0.2, 0) is 0 Å². The predicted molar refractivity (Wildman–Crippen MR) is 131 cm³/mol. The molecule has 2 aromatic carbocycles. The summed E-state index contributed by atoms with van der Waals surface area (Å²) in [5, 5.41) is 2.91. The molecule has 4 heteroatoms. The number of nitrogens with zero attached hydrogens (tertiary/aromatic N) is 2. The van der Waals surface area contributed by atoms with Crippen LogP contribution in [0.2, 0.25) is 0 Å². The van der Waals surface area contributed by atoms with E-state index in [9.17, 15) is 4.79 Å². The maximum absolute atomic E-state index is 12.7. The summed E-state index contributed by atoms with van der Waals surface area (Å²) in [6.07, 6.45) is 13.7. The van der Waals surface area contributed by atoms with Gasteiger partial charge < -0.3 is 5.32 Å². The minimum absolute atomic E-state index is 0. The molecule has 1 aromatic heterocycles. The summed E-state index contributed by atoms with van der Waals surface area (Å²) >= 11 is 0. The Balaban J connectivity index is 0.00000289. The van der Waals surface area contributed by atoms with Crippen LogP contribution in [0.4, 0.5) is 5.69 Å². The van der Waals surface area contributed by atoms with Crippen LogP contribution in [0, 0.1) is 0 Å². The molecule has 1 aliphatic carbocycles. The highest BCUT2D eigenvalue weighted by molar-refractivity contribution is 6.06. The summed E-state index contributed by atoms with van der Waals surface area (Å²) in [5.41, 5.74) is 6.06. The van der Waals surface area contributed by atoms with Crippen molar-refractivity contribution in [3.63, 3.8) is 0 Å². The van der Waals surface area contributed by atoms with Gasteiger partial charge in [0.15, 0.2) is 0 Å². The molecule has 3 aromatic rings. The van der Waals surface area contributed by atoms with Gasteiger partial charge >= 0.3 is 0 Å². The first-order chi connectivity index (χ1) is 15.2. The lowest BCUT2D eigenvalue weighted by atomic mass is 9.98. The molecule has 4 rings (SSSR count). The molecule has 0 radical (unpaired) electrons. The van der Waals surface area contributed by atoms with Crippen LogP contribution in [0.3, 0.4) is 0 Å². The SMILES string of the molecule is C=C/C=C(\C=C)c1nc2ccc(C(=O)Nc3ccccc3)cc2nc1C1=CCCC=C1.[HH]. The number of allylic oxidation sites excluding steroid dienone is 8. The predicted octanol–water partition coefficient (Wildman–Crippen LogP) is 6.62. The molecule has 1 aliphatic rings. The number of anilines is 1. The molecule has 0 unspecified atom stereocenters. The first-order valence-electron chi connectivity index (χ1n) is 10.2. The summed E-state index contributed by atoms with van der Waals surface area (Å²) in [4.78, 5) is 22.5. The number of hydrogen-bond donors (Lipinski definition) is 1. The Labute approximate surface area is 183 Å². The summed E-state index contributed by atoms with van der Waals surface area (Å²) in [7, 11) is 0. The van der Waals surface area contributed by atoms with Crippen LogP contribution in [0.5, 0.6) is 0 Å². The van der Waals surface area contributed by atoms with Crippen molar-refractivity contribution >= 4 is 33.8 Å². The maximum atomic E-state index is 12.7. The number of nitrogens with one attached hydrogen (secondary N) is 1. The number of rotatable bonds is 6. The third-order valence-electron chi connectivity index (χ3n) is 5.02. The second-order valence-corrected chi connectivity index (χ2v) is 7.15. The van der Waals surface area contributed by atoms with Gasteiger partial charge in [0.2, 0.25) is 0 Å². The number of carbonyl (C=O) groups is 1.